The van der Waals surface area contributed by atoms with E-state index in [1.807, 2.05) is 0 Å². The number of aryl methyl sites for hydroxylation is 1. The van der Waals surface area contributed by atoms with Gasteiger partial charge in [0.05, 0.1) is 11.0 Å². The zero-order valence-electron chi connectivity index (χ0n) is 12.2. The van der Waals surface area contributed by atoms with E-state index in [1.54, 1.807) is 0 Å². The van der Waals surface area contributed by atoms with Gasteiger partial charge in [-0.3, -0.25) is 0 Å². The summed E-state index contributed by atoms with van der Waals surface area (Å²) in [6.07, 6.45) is 4.00. The van der Waals surface area contributed by atoms with Crippen LogP contribution in [0.1, 0.15) is 30.7 Å². The Morgan fingerprint density at radius 1 is 1.15 bits per heavy atom. The Balaban J connectivity index is 1.81. The van der Waals surface area contributed by atoms with Crippen LogP contribution < -0.4 is 0 Å². The molecule has 4 heteroatoms. The van der Waals surface area contributed by atoms with Crippen molar-refractivity contribution in [3.8, 4) is 0 Å². The van der Waals surface area contributed by atoms with Crippen LogP contribution >= 0.6 is 0 Å². The van der Waals surface area contributed by atoms with Crippen molar-refractivity contribution >= 4 is 11.0 Å². The largest absolute Gasteiger partial charge is 0.388 e. The Morgan fingerprint density at radius 2 is 1.95 bits per heavy atom. The van der Waals surface area contributed by atoms with E-state index in [0.717, 1.165) is 29.9 Å². The smallest absolute Gasteiger partial charge is 0.135 e. The number of rotatable bonds is 4. The molecule has 2 aromatic rings. The van der Waals surface area contributed by atoms with Crippen LogP contribution in [0.2, 0.25) is 0 Å². The molecule has 0 saturated carbocycles. The molecule has 0 aliphatic carbocycles. The van der Waals surface area contributed by atoms with Crippen molar-refractivity contribution in [3.63, 3.8) is 0 Å². The molecule has 1 fully saturated rings. The minimum atomic E-state index is 0.00767. The molecule has 1 saturated heterocycles. The third-order valence-corrected chi connectivity index (χ3v) is 4.21. The number of imidazole rings is 1. The first kappa shape index (κ1) is 13.6. The van der Waals surface area contributed by atoms with Crippen molar-refractivity contribution in [2.75, 3.05) is 19.6 Å². The predicted molar refractivity (Wildman–Crippen MR) is 80.7 cm³/mol. The van der Waals surface area contributed by atoms with Crippen LogP contribution in [-0.2, 0) is 13.2 Å². The Bertz CT molecular complexity index is 585. The van der Waals surface area contributed by atoms with Gasteiger partial charge in [0.2, 0.25) is 0 Å². The molecule has 0 atom stereocenters. The number of hydrogen-bond acceptors (Lipinski definition) is 3. The SMILES string of the molecule is Cc1ccc2c(c1)nc(CO)n2CCN1CCCCC1. The van der Waals surface area contributed by atoms with Crippen molar-refractivity contribution < 1.29 is 5.11 Å². The van der Waals surface area contributed by atoms with E-state index >= 15 is 0 Å². The number of piperidine rings is 1. The van der Waals surface area contributed by atoms with Crippen molar-refractivity contribution in [2.24, 2.45) is 0 Å². The number of fused-ring (bicyclic) bond motifs is 1. The monoisotopic (exact) mass is 273 g/mol. The quantitative estimate of drug-likeness (QED) is 0.929. The molecule has 108 valence electrons. The molecule has 20 heavy (non-hydrogen) atoms. The highest BCUT2D eigenvalue weighted by Crippen LogP contribution is 2.18. The van der Waals surface area contributed by atoms with E-state index in [1.165, 1.54) is 37.9 Å². The van der Waals surface area contributed by atoms with E-state index in [2.05, 4.69) is 39.6 Å². The fraction of sp³-hybridized carbons (Fsp3) is 0.562. The number of benzene rings is 1. The minimum absolute atomic E-state index is 0.00767. The second kappa shape index (κ2) is 5.94. The van der Waals surface area contributed by atoms with Crippen molar-refractivity contribution in [3.05, 3.63) is 29.6 Å². The Hall–Kier alpha value is -1.39. The first-order valence-electron chi connectivity index (χ1n) is 7.57. The lowest BCUT2D eigenvalue weighted by molar-refractivity contribution is 0.216. The van der Waals surface area contributed by atoms with Crippen LogP contribution in [0, 0.1) is 6.92 Å². The summed E-state index contributed by atoms with van der Waals surface area (Å²) in [4.78, 5) is 7.07. The fourth-order valence-electron chi connectivity index (χ4n) is 3.08. The maximum atomic E-state index is 9.53. The minimum Gasteiger partial charge on any atom is -0.388 e. The molecule has 0 amide bonds. The zero-order chi connectivity index (χ0) is 13.9. The Kier molecular flexibility index (Phi) is 4.03. The van der Waals surface area contributed by atoms with E-state index in [4.69, 9.17) is 0 Å². The van der Waals surface area contributed by atoms with Gasteiger partial charge in [-0.05, 0) is 50.6 Å². The molecule has 0 unspecified atom stereocenters. The number of nitrogens with zero attached hydrogens (tertiary/aromatic N) is 3. The van der Waals surface area contributed by atoms with Crippen LogP contribution in [0.4, 0.5) is 0 Å². The maximum absolute atomic E-state index is 9.53. The molecule has 1 aliphatic heterocycles. The number of aliphatic hydroxyl groups excluding tert-OH is 1. The molecular weight excluding hydrogens is 250 g/mol. The third-order valence-electron chi connectivity index (χ3n) is 4.21. The van der Waals surface area contributed by atoms with Gasteiger partial charge in [0.15, 0.2) is 0 Å². The van der Waals surface area contributed by atoms with Gasteiger partial charge in [0.1, 0.15) is 12.4 Å². The van der Waals surface area contributed by atoms with Crippen LogP contribution in [0.15, 0.2) is 18.2 Å². The lowest BCUT2D eigenvalue weighted by Crippen LogP contribution is -2.32. The van der Waals surface area contributed by atoms with Crippen LogP contribution in [-0.4, -0.2) is 39.2 Å². The number of likely N-dealkylation sites (tertiary alicyclic amines) is 1. The van der Waals surface area contributed by atoms with Gasteiger partial charge in [-0.25, -0.2) is 4.98 Å². The van der Waals surface area contributed by atoms with Gasteiger partial charge in [-0.2, -0.15) is 0 Å². The van der Waals surface area contributed by atoms with Crippen molar-refractivity contribution in [1.82, 2.24) is 14.5 Å². The zero-order valence-corrected chi connectivity index (χ0v) is 12.2. The molecule has 0 spiro atoms. The van der Waals surface area contributed by atoms with Gasteiger partial charge >= 0.3 is 0 Å². The second-order valence-corrected chi connectivity index (χ2v) is 5.73. The van der Waals surface area contributed by atoms with Gasteiger partial charge in [0, 0.05) is 13.1 Å². The average molecular weight is 273 g/mol. The normalized spacial score (nSPS) is 16.9. The van der Waals surface area contributed by atoms with Crippen molar-refractivity contribution in [1.29, 1.82) is 0 Å². The molecule has 1 aliphatic rings. The average Bonchev–Trinajstić information content (AvgIpc) is 2.83. The van der Waals surface area contributed by atoms with Gasteiger partial charge in [-0.15, -0.1) is 0 Å². The highest BCUT2D eigenvalue weighted by Gasteiger charge is 2.13. The molecule has 4 nitrogen and oxygen atoms in total. The molecule has 2 heterocycles. The van der Waals surface area contributed by atoms with E-state index < -0.39 is 0 Å². The van der Waals surface area contributed by atoms with Gasteiger partial charge in [-0.1, -0.05) is 12.5 Å². The summed E-state index contributed by atoms with van der Waals surface area (Å²) in [5.74, 6) is 0.780. The fourth-order valence-corrected chi connectivity index (χ4v) is 3.08. The van der Waals surface area contributed by atoms with Gasteiger partial charge in [0.25, 0.3) is 0 Å². The first-order valence-corrected chi connectivity index (χ1v) is 7.57. The summed E-state index contributed by atoms with van der Waals surface area (Å²) in [5, 5.41) is 9.53. The molecule has 3 rings (SSSR count). The standard InChI is InChI=1S/C16H23N3O/c1-13-5-6-15-14(11-13)17-16(12-20)19(15)10-9-18-7-3-2-4-8-18/h5-6,11,20H,2-4,7-10,12H2,1H3. The van der Waals surface area contributed by atoms with E-state index in [-0.39, 0.29) is 6.61 Å². The maximum Gasteiger partial charge on any atom is 0.135 e. The first-order chi connectivity index (χ1) is 9.78. The predicted octanol–water partition coefficient (Wildman–Crippen LogP) is 2.32. The Labute approximate surface area is 120 Å². The van der Waals surface area contributed by atoms with Crippen LogP contribution in [0.3, 0.4) is 0 Å². The molecule has 1 aromatic heterocycles. The molecule has 0 bridgehead atoms. The lowest BCUT2D eigenvalue weighted by atomic mass is 10.1. The number of hydrogen-bond donors (Lipinski definition) is 1. The summed E-state index contributed by atoms with van der Waals surface area (Å²) in [6, 6.07) is 6.32. The second-order valence-electron chi connectivity index (χ2n) is 5.73. The van der Waals surface area contributed by atoms with E-state index in [0.29, 0.717) is 0 Å². The highest BCUT2D eigenvalue weighted by atomic mass is 16.3. The summed E-state index contributed by atoms with van der Waals surface area (Å²) in [7, 11) is 0. The summed E-state index contributed by atoms with van der Waals surface area (Å²) in [6.45, 7) is 6.46. The summed E-state index contributed by atoms with van der Waals surface area (Å²) >= 11 is 0. The molecular formula is C16H23N3O. The lowest BCUT2D eigenvalue weighted by Gasteiger charge is -2.26. The van der Waals surface area contributed by atoms with Gasteiger partial charge < -0.3 is 14.6 Å². The molecule has 0 radical (unpaired) electrons. The highest BCUT2D eigenvalue weighted by molar-refractivity contribution is 5.76. The summed E-state index contributed by atoms with van der Waals surface area (Å²) in [5.41, 5.74) is 3.34. The number of aliphatic hydroxyl groups is 1. The third kappa shape index (κ3) is 2.72. The van der Waals surface area contributed by atoms with Crippen LogP contribution in [0.5, 0.6) is 0 Å². The molecule has 1 N–H and O–H groups in total. The topological polar surface area (TPSA) is 41.3 Å². The van der Waals surface area contributed by atoms with Crippen LogP contribution in [0.25, 0.3) is 11.0 Å². The summed E-state index contributed by atoms with van der Waals surface area (Å²) < 4.78 is 2.17. The van der Waals surface area contributed by atoms with Crippen molar-refractivity contribution in [2.45, 2.75) is 39.3 Å². The molecule has 1 aromatic carbocycles. The Morgan fingerprint density at radius 3 is 2.70 bits per heavy atom. The number of aromatic nitrogens is 2. The van der Waals surface area contributed by atoms with E-state index in [9.17, 15) is 5.11 Å².